The molecule has 0 aliphatic carbocycles. The van der Waals surface area contributed by atoms with Gasteiger partial charge in [-0.15, -0.1) is 0 Å². The fourth-order valence-electron chi connectivity index (χ4n) is 3.40. The zero-order chi connectivity index (χ0) is 21.5. The van der Waals surface area contributed by atoms with Crippen molar-refractivity contribution >= 4 is 17.6 Å². The molecule has 1 amide bonds. The number of rotatable bonds is 7. The van der Waals surface area contributed by atoms with Crippen LogP contribution in [-0.4, -0.2) is 43.6 Å². The summed E-state index contributed by atoms with van der Waals surface area (Å²) in [6.45, 7) is 0.667. The average molecular weight is 410 g/mol. The summed E-state index contributed by atoms with van der Waals surface area (Å²) in [5, 5.41) is 3.64. The highest BCUT2D eigenvalue weighted by molar-refractivity contribution is 6.02. The first-order chi connectivity index (χ1) is 14.6. The summed E-state index contributed by atoms with van der Waals surface area (Å²) in [5.74, 6) is -0.246. The van der Waals surface area contributed by atoms with Crippen LogP contribution in [0.4, 0.5) is 5.69 Å². The van der Waals surface area contributed by atoms with Gasteiger partial charge < -0.3 is 19.1 Å². The highest BCUT2D eigenvalue weighted by Gasteiger charge is 2.36. The van der Waals surface area contributed by atoms with Gasteiger partial charge in [0, 0.05) is 11.5 Å². The van der Waals surface area contributed by atoms with Crippen molar-refractivity contribution in [3.63, 3.8) is 0 Å². The van der Waals surface area contributed by atoms with E-state index in [9.17, 15) is 9.59 Å². The number of azide groups is 1. The molecule has 0 bridgehead atoms. The van der Waals surface area contributed by atoms with E-state index in [1.807, 2.05) is 30.3 Å². The summed E-state index contributed by atoms with van der Waals surface area (Å²) < 4.78 is 16.0. The Morgan fingerprint density at radius 2 is 1.97 bits per heavy atom. The van der Waals surface area contributed by atoms with E-state index >= 15 is 0 Å². The lowest BCUT2D eigenvalue weighted by atomic mass is 10.1. The van der Waals surface area contributed by atoms with Crippen molar-refractivity contribution in [3.05, 3.63) is 64.0 Å². The zero-order valence-corrected chi connectivity index (χ0v) is 16.8. The van der Waals surface area contributed by atoms with Crippen molar-refractivity contribution in [1.29, 1.82) is 0 Å². The van der Waals surface area contributed by atoms with Gasteiger partial charge in [0.15, 0.2) is 11.5 Å². The first kappa shape index (κ1) is 21.0. The van der Waals surface area contributed by atoms with Crippen LogP contribution in [-0.2, 0) is 16.1 Å². The smallest absolute Gasteiger partial charge is 0.328 e. The third-order valence-electron chi connectivity index (χ3n) is 4.89. The minimum Gasteiger partial charge on any atom is -0.493 e. The Balaban J connectivity index is 1.96. The molecule has 30 heavy (non-hydrogen) atoms. The van der Waals surface area contributed by atoms with Gasteiger partial charge in [-0.05, 0) is 36.1 Å². The standard InChI is InChI=1S/C21H22N4O5/c1-28-18-12-16(23-24-22)15(11-19(18)30-13-14-7-4-3-5-8-14)20(26)25-10-6-9-17(25)21(27)29-2/h3-5,7-8,11-12,17H,6,9-10,13H2,1-2H3/t17-/m0/s1. The van der Waals surface area contributed by atoms with Gasteiger partial charge >= 0.3 is 5.97 Å². The third-order valence-corrected chi connectivity index (χ3v) is 4.89. The molecule has 2 aromatic rings. The summed E-state index contributed by atoms with van der Waals surface area (Å²) in [5.41, 5.74) is 10.1. The van der Waals surface area contributed by atoms with Crippen LogP contribution in [0, 0.1) is 0 Å². The van der Waals surface area contributed by atoms with E-state index in [1.54, 1.807) is 0 Å². The Hall–Kier alpha value is -3.71. The second kappa shape index (κ2) is 9.67. The number of likely N-dealkylation sites (tertiary alicyclic amines) is 1. The molecule has 0 unspecified atom stereocenters. The van der Waals surface area contributed by atoms with Crippen LogP contribution in [0.3, 0.4) is 0 Å². The molecular weight excluding hydrogens is 388 g/mol. The third kappa shape index (κ3) is 4.47. The monoisotopic (exact) mass is 410 g/mol. The Morgan fingerprint density at radius 3 is 2.63 bits per heavy atom. The molecule has 9 heteroatoms. The van der Waals surface area contributed by atoms with Gasteiger partial charge in [0.1, 0.15) is 12.6 Å². The number of benzene rings is 2. The molecule has 1 aliphatic rings. The van der Waals surface area contributed by atoms with Crippen molar-refractivity contribution < 1.29 is 23.8 Å². The van der Waals surface area contributed by atoms with Crippen molar-refractivity contribution in [2.75, 3.05) is 20.8 Å². The van der Waals surface area contributed by atoms with Gasteiger partial charge in [-0.25, -0.2) is 4.79 Å². The molecule has 3 rings (SSSR count). The molecule has 0 spiro atoms. The molecule has 0 aromatic heterocycles. The lowest BCUT2D eigenvalue weighted by Crippen LogP contribution is -2.41. The van der Waals surface area contributed by atoms with E-state index in [2.05, 4.69) is 10.0 Å². The minimum absolute atomic E-state index is 0.0990. The van der Waals surface area contributed by atoms with Crippen LogP contribution in [0.1, 0.15) is 28.8 Å². The van der Waals surface area contributed by atoms with Crippen molar-refractivity contribution in [2.24, 2.45) is 5.11 Å². The first-order valence-corrected chi connectivity index (χ1v) is 9.41. The first-order valence-electron chi connectivity index (χ1n) is 9.41. The van der Waals surface area contributed by atoms with Crippen LogP contribution in [0.5, 0.6) is 11.5 Å². The fourth-order valence-corrected chi connectivity index (χ4v) is 3.40. The van der Waals surface area contributed by atoms with Gasteiger partial charge in [0.05, 0.1) is 25.5 Å². The summed E-state index contributed by atoms with van der Waals surface area (Å²) in [4.78, 5) is 29.5. The summed E-state index contributed by atoms with van der Waals surface area (Å²) in [7, 11) is 2.75. The minimum atomic E-state index is -0.669. The zero-order valence-electron chi connectivity index (χ0n) is 16.8. The Labute approximate surface area is 173 Å². The van der Waals surface area contributed by atoms with Crippen LogP contribution < -0.4 is 9.47 Å². The molecule has 1 fully saturated rings. The second-order valence-electron chi connectivity index (χ2n) is 6.66. The number of amides is 1. The molecule has 0 N–H and O–H groups in total. The lowest BCUT2D eigenvalue weighted by molar-refractivity contribution is -0.145. The molecule has 1 aliphatic heterocycles. The van der Waals surface area contributed by atoms with E-state index in [0.717, 1.165) is 5.56 Å². The molecule has 156 valence electrons. The van der Waals surface area contributed by atoms with Gasteiger partial charge in [-0.2, -0.15) is 0 Å². The molecule has 1 heterocycles. The van der Waals surface area contributed by atoms with Crippen LogP contribution in [0.2, 0.25) is 0 Å². The van der Waals surface area contributed by atoms with E-state index in [1.165, 1.54) is 31.3 Å². The van der Waals surface area contributed by atoms with Crippen LogP contribution in [0.25, 0.3) is 10.4 Å². The Kier molecular flexibility index (Phi) is 6.77. The number of hydrogen-bond donors (Lipinski definition) is 0. The number of carbonyl (C=O) groups is 2. The molecule has 0 saturated carbocycles. The van der Waals surface area contributed by atoms with Crippen LogP contribution >= 0.6 is 0 Å². The Bertz CT molecular complexity index is 973. The molecule has 1 saturated heterocycles. The average Bonchev–Trinajstić information content (AvgIpc) is 3.27. The maximum absolute atomic E-state index is 13.2. The molecule has 1 atom stereocenters. The van der Waals surface area contributed by atoms with Crippen molar-refractivity contribution in [2.45, 2.75) is 25.5 Å². The van der Waals surface area contributed by atoms with Gasteiger partial charge in [0.2, 0.25) is 0 Å². The number of esters is 1. The highest BCUT2D eigenvalue weighted by atomic mass is 16.5. The molecule has 9 nitrogen and oxygen atoms in total. The predicted octanol–water partition coefficient (Wildman–Crippen LogP) is 3.99. The highest BCUT2D eigenvalue weighted by Crippen LogP contribution is 2.37. The quantitative estimate of drug-likeness (QED) is 0.296. The van der Waals surface area contributed by atoms with Gasteiger partial charge in [0.25, 0.3) is 5.91 Å². The summed E-state index contributed by atoms with van der Waals surface area (Å²) in [6.07, 6.45) is 1.19. The Morgan fingerprint density at radius 1 is 1.20 bits per heavy atom. The lowest BCUT2D eigenvalue weighted by Gasteiger charge is -2.24. The SMILES string of the molecule is COC(=O)[C@@H]1CCCN1C(=O)c1cc(OCc2ccccc2)c(OC)cc1N=[N+]=[N-]. The van der Waals surface area contributed by atoms with E-state index in [-0.39, 0.29) is 17.9 Å². The maximum atomic E-state index is 13.2. The molecule has 0 radical (unpaired) electrons. The van der Waals surface area contributed by atoms with E-state index in [4.69, 9.17) is 19.7 Å². The summed E-state index contributed by atoms with van der Waals surface area (Å²) in [6, 6.07) is 11.8. The van der Waals surface area contributed by atoms with Gasteiger partial charge in [-0.1, -0.05) is 35.4 Å². The maximum Gasteiger partial charge on any atom is 0.328 e. The number of methoxy groups -OCH3 is 2. The second-order valence-corrected chi connectivity index (χ2v) is 6.66. The van der Waals surface area contributed by atoms with E-state index in [0.29, 0.717) is 30.9 Å². The largest absolute Gasteiger partial charge is 0.493 e. The van der Waals surface area contributed by atoms with Gasteiger partial charge in [-0.3, -0.25) is 4.79 Å². The predicted molar refractivity (Wildman–Crippen MR) is 109 cm³/mol. The van der Waals surface area contributed by atoms with Crippen LogP contribution in [0.15, 0.2) is 47.6 Å². The number of hydrogen-bond acceptors (Lipinski definition) is 6. The molecule has 2 aromatic carbocycles. The summed E-state index contributed by atoms with van der Waals surface area (Å²) >= 11 is 0. The number of ether oxygens (including phenoxy) is 3. The van der Waals surface area contributed by atoms with E-state index < -0.39 is 17.9 Å². The normalized spacial score (nSPS) is 15.3. The topological polar surface area (TPSA) is 114 Å². The van der Waals surface area contributed by atoms with Crippen molar-refractivity contribution in [1.82, 2.24) is 4.90 Å². The fraction of sp³-hybridized carbons (Fsp3) is 0.333. The molecular formula is C21H22N4O5. The number of nitrogens with zero attached hydrogens (tertiary/aromatic N) is 4. The number of carbonyl (C=O) groups excluding carboxylic acids is 2. The van der Waals surface area contributed by atoms with Crippen molar-refractivity contribution in [3.8, 4) is 11.5 Å².